The molecule has 3 aromatic heterocycles. The average Bonchev–Trinajstić information content (AvgIpc) is 3.11. The van der Waals surface area contributed by atoms with Crippen LogP contribution in [0.5, 0.6) is 0 Å². The summed E-state index contributed by atoms with van der Waals surface area (Å²) in [4.78, 5) is 20.4. The van der Waals surface area contributed by atoms with E-state index in [1.54, 1.807) is 60.7 Å². The van der Waals surface area contributed by atoms with Crippen molar-refractivity contribution in [3.05, 3.63) is 78.0 Å². The van der Waals surface area contributed by atoms with Crippen molar-refractivity contribution in [1.29, 1.82) is 0 Å². The number of hydrogen-bond acceptors (Lipinski definition) is 5. The van der Waals surface area contributed by atoms with Crippen LogP contribution < -0.4 is 10.6 Å². The van der Waals surface area contributed by atoms with E-state index in [-0.39, 0.29) is 11.7 Å². The fourth-order valence-electron chi connectivity index (χ4n) is 2.87. The molecule has 140 valence electrons. The zero-order valence-electron chi connectivity index (χ0n) is 15.1. The number of benzene rings is 1. The first-order valence-corrected chi connectivity index (χ1v) is 8.64. The van der Waals surface area contributed by atoms with Gasteiger partial charge in [0.05, 0.1) is 18.3 Å². The van der Waals surface area contributed by atoms with E-state index in [1.165, 1.54) is 6.07 Å². The lowest BCUT2D eigenvalue weighted by atomic mass is 10.2. The van der Waals surface area contributed by atoms with Crippen molar-refractivity contribution in [3.8, 4) is 0 Å². The Labute approximate surface area is 160 Å². The average molecular weight is 376 g/mol. The zero-order chi connectivity index (χ0) is 19.5. The highest BCUT2D eigenvalue weighted by Crippen LogP contribution is 2.21. The van der Waals surface area contributed by atoms with Crippen LogP contribution in [0.2, 0.25) is 0 Å². The van der Waals surface area contributed by atoms with Gasteiger partial charge in [0.1, 0.15) is 17.5 Å². The summed E-state index contributed by atoms with van der Waals surface area (Å²) in [5.74, 6) is 0.572. The third-order valence-corrected chi connectivity index (χ3v) is 4.31. The first-order chi connectivity index (χ1) is 13.6. The Morgan fingerprint density at radius 2 is 1.93 bits per heavy atom. The lowest BCUT2D eigenvalue weighted by Gasteiger charge is -2.08. The molecule has 8 heteroatoms. The van der Waals surface area contributed by atoms with E-state index < -0.39 is 0 Å². The number of nitrogens with one attached hydrogen (secondary N) is 2. The summed E-state index contributed by atoms with van der Waals surface area (Å²) >= 11 is 0. The van der Waals surface area contributed by atoms with Crippen LogP contribution in [0, 0.1) is 5.82 Å². The second kappa shape index (κ2) is 7.43. The van der Waals surface area contributed by atoms with E-state index >= 15 is 0 Å². The number of anilines is 2. The Kier molecular flexibility index (Phi) is 4.67. The molecule has 0 aliphatic heterocycles. The Bertz CT molecular complexity index is 1160. The highest BCUT2D eigenvalue weighted by molar-refractivity contribution is 5.94. The highest BCUT2D eigenvalue weighted by Gasteiger charge is 2.10. The molecule has 0 unspecified atom stereocenters. The van der Waals surface area contributed by atoms with Gasteiger partial charge in [0, 0.05) is 42.0 Å². The second-order valence-corrected chi connectivity index (χ2v) is 6.16. The molecule has 0 radical (unpaired) electrons. The summed E-state index contributed by atoms with van der Waals surface area (Å²) in [5.41, 5.74) is 1.85. The summed E-state index contributed by atoms with van der Waals surface area (Å²) in [5, 5.41) is 10.8. The predicted octanol–water partition coefficient (Wildman–Crippen LogP) is 3.12. The van der Waals surface area contributed by atoms with Crippen LogP contribution in [0.15, 0.2) is 61.1 Å². The van der Waals surface area contributed by atoms with Crippen molar-refractivity contribution in [3.63, 3.8) is 0 Å². The summed E-state index contributed by atoms with van der Waals surface area (Å²) in [6.45, 7) is 0.310. The molecular formula is C20H17FN6O. The summed E-state index contributed by atoms with van der Waals surface area (Å²) in [7, 11) is 1.57. The third-order valence-electron chi connectivity index (χ3n) is 4.31. The Hall–Kier alpha value is -3.81. The van der Waals surface area contributed by atoms with Crippen LogP contribution in [-0.4, -0.2) is 32.7 Å². The lowest BCUT2D eigenvalue weighted by molar-refractivity contribution is 0.0963. The smallest absolute Gasteiger partial charge is 0.251 e. The van der Waals surface area contributed by atoms with Crippen LogP contribution >= 0.6 is 0 Å². The quantitative estimate of drug-likeness (QED) is 0.559. The maximum atomic E-state index is 14.0. The Morgan fingerprint density at radius 1 is 1.11 bits per heavy atom. The van der Waals surface area contributed by atoms with Gasteiger partial charge < -0.3 is 10.6 Å². The van der Waals surface area contributed by atoms with Crippen LogP contribution in [0.3, 0.4) is 0 Å². The zero-order valence-corrected chi connectivity index (χ0v) is 15.1. The number of nitrogens with zero attached hydrogens (tertiary/aromatic N) is 4. The monoisotopic (exact) mass is 376 g/mol. The minimum Gasteiger partial charge on any atom is -0.355 e. The van der Waals surface area contributed by atoms with Crippen molar-refractivity contribution in [2.24, 2.45) is 0 Å². The fraction of sp³-hybridized carbons (Fsp3) is 0.100. The Morgan fingerprint density at radius 3 is 2.75 bits per heavy atom. The molecule has 0 bridgehead atoms. The molecule has 0 spiro atoms. The van der Waals surface area contributed by atoms with Crippen LogP contribution in [0.25, 0.3) is 10.9 Å². The topological polar surface area (TPSA) is 84.7 Å². The molecule has 1 amide bonds. The number of hydrogen-bond donors (Lipinski definition) is 2. The number of amides is 1. The minimum absolute atomic E-state index is 0.197. The van der Waals surface area contributed by atoms with Crippen LogP contribution in [0.1, 0.15) is 15.9 Å². The summed E-state index contributed by atoms with van der Waals surface area (Å²) in [6.07, 6.45) is 4.93. The number of pyridine rings is 2. The van der Waals surface area contributed by atoms with E-state index in [2.05, 4.69) is 25.7 Å². The maximum absolute atomic E-state index is 14.0. The highest BCUT2D eigenvalue weighted by atomic mass is 19.1. The van der Waals surface area contributed by atoms with Gasteiger partial charge in [-0.1, -0.05) is 18.2 Å². The molecule has 3 heterocycles. The number of carbonyl (C=O) groups excluding carboxylic acids is 1. The number of fused-ring (bicyclic) bond motifs is 1. The van der Waals surface area contributed by atoms with E-state index in [9.17, 15) is 9.18 Å². The minimum atomic E-state index is -0.270. The molecular weight excluding hydrogens is 359 g/mol. The standard InChI is InChI=1S/C20H17FN6O/c1-22-20(28)13-6-7-23-18(8-13)26-19-9-17-15(10-24-19)11-25-27(17)12-14-4-2-3-5-16(14)21/h2-11H,12H2,1H3,(H,22,28)(H,23,24,26). The van der Waals surface area contributed by atoms with E-state index in [4.69, 9.17) is 0 Å². The normalized spacial score (nSPS) is 10.8. The van der Waals surface area contributed by atoms with Crippen molar-refractivity contribution in [2.75, 3.05) is 12.4 Å². The molecule has 1 aromatic carbocycles. The van der Waals surface area contributed by atoms with Gasteiger partial charge in [-0.3, -0.25) is 9.48 Å². The number of aromatic nitrogens is 4. The molecule has 4 rings (SSSR count). The summed E-state index contributed by atoms with van der Waals surface area (Å²) < 4.78 is 15.7. The van der Waals surface area contributed by atoms with Crippen molar-refractivity contribution in [1.82, 2.24) is 25.1 Å². The largest absolute Gasteiger partial charge is 0.355 e. The first kappa shape index (κ1) is 17.6. The van der Waals surface area contributed by atoms with Gasteiger partial charge in [-0.15, -0.1) is 0 Å². The van der Waals surface area contributed by atoms with Gasteiger partial charge in [0.2, 0.25) is 0 Å². The van der Waals surface area contributed by atoms with Gasteiger partial charge in [-0.2, -0.15) is 5.10 Å². The molecule has 0 aliphatic rings. The van der Waals surface area contributed by atoms with E-state index in [0.29, 0.717) is 29.3 Å². The van der Waals surface area contributed by atoms with Gasteiger partial charge in [0.15, 0.2) is 0 Å². The maximum Gasteiger partial charge on any atom is 0.251 e. The van der Waals surface area contributed by atoms with Gasteiger partial charge >= 0.3 is 0 Å². The molecule has 2 N–H and O–H groups in total. The Balaban J connectivity index is 1.63. The molecule has 0 atom stereocenters. The van der Waals surface area contributed by atoms with Gasteiger partial charge in [0.25, 0.3) is 5.91 Å². The van der Waals surface area contributed by atoms with E-state index in [0.717, 1.165) is 10.9 Å². The molecule has 4 aromatic rings. The molecule has 0 aliphatic carbocycles. The lowest BCUT2D eigenvalue weighted by Crippen LogP contribution is -2.17. The molecule has 7 nitrogen and oxygen atoms in total. The van der Waals surface area contributed by atoms with Crippen molar-refractivity contribution in [2.45, 2.75) is 6.54 Å². The van der Waals surface area contributed by atoms with Crippen LogP contribution in [0.4, 0.5) is 16.0 Å². The van der Waals surface area contributed by atoms with Gasteiger partial charge in [-0.05, 0) is 18.2 Å². The van der Waals surface area contributed by atoms with Crippen molar-refractivity contribution < 1.29 is 9.18 Å². The second-order valence-electron chi connectivity index (χ2n) is 6.16. The molecule has 0 fully saturated rings. The number of rotatable bonds is 5. The predicted molar refractivity (Wildman–Crippen MR) is 104 cm³/mol. The fourth-order valence-corrected chi connectivity index (χ4v) is 2.87. The third kappa shape index (κ3) is 3.52. The molecule has 0 saturated heterocycles. The van der Waals surface area contributed by atoms with E-state index in [1.807, 2.05) is 6.07 Å². The number of halogens is 1. The summed E-state index contributed by atoms with van der Waals surface area (Å²) in [6, 6.07) is 11.7. The molecule has 0 saturated carbocycles. The van der Waals surface area contributed by atoms with Gasteiger partial charge in [-0.25, -0.2) is 14.4 Å². The van der Waals surface area contributed by atoms with Crippen LogP contribution in [-0.2, 0) is 6.54 Å². The van der Waals surface area contributed by atoms with Crippen molar-refractivity contribution >= 4 is 28.4 Å². The first-order valence-electron chi connectivity index (χ1n) is 8.64. The SMILES string of the molecule is CNC(=O)c1ccnc(Nc2cc3c(cn2)cnn3Cc2ccccc2F)c1. The number of carbonyl (C=O) groups is 1. The molecule has 28 heavy (non-hydrogen) atoms.